The molecule has 1 aliphatic heterocycles. The second-order valence-corrected chi connectivity index (χ2v) is 8.91. The van der Waals surface area contributed by atoms with Crippen LogP contribution in [0.2, 0.25) is 0 Å². The summed E-state index contributed by atoms with van der Waals surface area (Å²) < 4.78 is 68.3. The summed E-state index contributed by atoms with van der Waals surface area (Å²) in [6, 6.07) is 0. The monoisotopic (exact) mass is 414 g/mol. The molecule has 0 aromatic heterocycles. The van der Waals surface area contributed by atoms with Gasteiger partial charge in [-0.25, -0.2) is 0 Å². The van der Waals surface area contributed by atoms with Gasteiger partial charge in [0.05, 0.1) is 18.1 Å². The lowest BCUT2D eigenvalue weighted by Crippen LogP contribution is -2.30. The molecule has 1 saturated heterocycles. The fourth-order valence-electron chi connectivity index (χ4n) is 3.17. The van der Waals surface area contributed by atoms with Crippen LogP contribution >= 0.6 is 0 Å². The van der Waals surface area contributed by atoms with Crippen molar-refractivity contribution in [2.24, 2.45) is 11.8 Å². The van der Waals surface area contributed by atoms with Crippen LogP contribution in [0, 0.1) is 11.8 Å². The van der Waals surface area contributed by atoms with Crippen LogP contribution in [0.4, 0.5) is 13.2 Å². The lowest BCUT2D eigenvalue weighted by atomic mass is 9.91. The van der Waals surface area contributed by atoms with Gasteiger partial charge in [0.1, 0.15) is 0 Å². The van der Waals surface area contributed by atoms with Crippen LogP contribution in [-0.2, 0) is 23.8 Å². The van der Waals surface area contributed by atoms with Crippen molar-refractivity contribution in [2.75, 3.05) is 0 Å². The summed E-state index contributed by atoms with van der Waals surface area (Å²) in [7, 11) is -5.91. The van der Waals surface area contributed by atoms with Crippen LogP contribution in [0.25, 0.3) is 0 Å². The minimum atomic E-state index is -5.91. The van der Waals surface area contributed by atoms with Crippen LogP contribution < -0.4 is 0 Å². The van der Waals surface area contributed by atoms with E-state index in [1.807, 2.05) is 6.92 Å². The van der Waals surface area contributed by atoms with Crippen LogP contribution in [0.5, 0.6) is 0 Å². The molecule has 0 aliphatic carbocycles. The van der Waals surface area contributed by atoms with Gasteiger partial charge in [0.15, 0.2) is 0 Å². The molecule has 0 amide bonds. The Kier molecular flexibility index (Phi) is 8.79. The van der Waals surface area contributed by atoms with Crippen molar-refractivity contribution in [3.63, 3.8) is 0 Å². The van der Waals surface area contributed by atoms with Gasteiger partial charge in [-0.1, -0.05) is 40.2 Å². The summed E-state index contributed by atoms with van der Waals surface area (Å²) in [5.41, 5.74) is -4.56. The number of halogens is 3. The van der Waals surface area contributed by atoms with Gasteiger partial charge in [0, 0.05) is 0 Å². The zero-order valence-electron chi connectivity index (χ0n) is 16.0. The molecule has 0 spiro atoms. The van der Waals surface area contributed by atoms with E-state index >= 15 is 0 Å². The summed E-state index contributed by atoms with van der Waals surface area (Å²) >= 11 is 0. The summed E-state index contributed by atoms with van der Waals surface area (Å²) in [6.07, 6.45) is 5.83. The molecule has 4 atom stereocenters. The molecule has 0 unspecified atom stereocenters. The normalized spacial score (nSPS) is 23.3. The van der Waals surface area contributed by atoms with Gasteiger partial charge in [-0.2, -0.15) is 21.6 Å². The van der Waals surface area contributed by atoms with Crippen molar-refractivity contribution in [1.82, 2.24) is 0 Å². The van der Waals surface area contributed by atoms with Gasteiger partial charge in [0.2, 0.25) is 0 Å². The molecule has 0 N–H and O–H groups in total. The predicted octanol–water partition coefficient (Wildman–Crippen LogP) is 4.73. The van der Waals surface area contributed by atoms with Crippen molar-refractivity contribution in [3.05, 3.63) is 12.2 Å². The minimum absolute atomic E-state index is 0.00719. The third-order valence-corrected chi connectivity index (χ3v) is 5.69. The zero-order chi connectivity index (χ0) is 20.8. The Bertz CT molecular complexity index is 615. The highest BCUT2D eigenvalue weighted by Gasteiger charge is 2.50. The maximum Gasteiger partial charge on any atom is 0.534 e. The zero-order valence-corrected chi connectivity index (χ0v) is 16.9. The average Bonchev–Trinajstić information content (AvgIpc) is 2.89. The van der Waals surface area contributed by atoms with Crippen LogP contribution in [0.1, 0.15) is 65.7 Å². The first-order chi connectivity index (χ1) is 12.4. The fraction of sp³-hybridized carbons (Fsp3) is 0.833. The van der Waals surface area contributed by atoms with E-state index in [1.165, 1.54) is 6.92 Å². The second-order valence-electron chi connectivity index (χ2n) is 7.37. The van der Waals surface area contributed by atoms with Crippen molar-refractivity contribution in [3.8, 4) is 0 Å². The van der Waals surface area contributed by atoms with Crippen LogP contribution in [0.15, 0.2) is 12.2 Å². The van der Waals surface area contributed by atoms with E-state index in [9.17, 15) is 26.4 Å². The number of rotatable bonds is 10. The largest absolute Gasteiger partial charge is 0.534 e. The van der Waals surface area contributed by atoms with E-state index in [2.05, 4.69) is 17.7 Å². The first kappa shape index (κ1) is 23.9. The molecule has 1 heterocycles. The topological polar surface area (TPSA) is 69.7 Å². The van der Waals surface area contributed by atoms with Gasteiger partial charge in [0.25, 0.3) is 0 Å². The fourth-order valence-corrected chi connectivity index (χ4v) is 3.64. The molecule has 0 saturated carbocycles. The number of carbonyl (C=O) groups excluding carboxylic acids is 1. The number of hydrogen-bond donors (Lipinski definition) is 0. The molecular formula is C18H29F3O5S. The lowest BCUT2D eigenvalue weighted by molar-refractivity contribution is -0.140. The van der Waals surface area contributed by atoms with Gasteiger partial charge in [-0.05, 0) is 43.6 Å². The Morgan fingerprint density at radius 2 is 1.96 bits per heavy atom. The molecule has 27 heavy (non-hydrogen) atoms. The van der Waals surface area contributed by atoms with E-state index in [1.54, 1.807) is 0 Å². The Morgan fingerprint density at radius 3 is 2.52 bits per heavy atom. The van der Waals surface area contributed by atoms with E-state index in [-0.39, 0.29) is 24.5 Å². The van der Waals surface area contributed by atoms with Crippen molar-refractivity contribution in [1.29, 1.82) is 0 Å². The van der Waals surface area contributed by atoms with Gasteiger partial charge in [-0.15, -0.1) is 0 Å². The van der Waals surface area contributed by atoms with Gasteiger partial charge >= 0.3 is 21.6 Å². The van der Waals surface area contributed by atoms with E-state index < -0.39 is 27.5 Å². The Balaban J connectivity index is 2.42. The summed E-state index contributed by atoms with van der Waals surface area (Å²) in [5, 5.41) is 0. The molecule has 9 heteroatoms. The standard InChI is InChI=1S/C18H29F3O5S/c1-5-6-7-15-11-13(3)16(25-15)9-8-12(2)10-14(4)17(22)26-27(23,24)18(19,20)21/h12,14-16H,3,5-11H2,1-2,4H3/t12-,14-,15+,16+/m1/s1. The van der Waals surface area contributed by atoms with Crippen molar-refractivity contribution < 1.29 is 35.3 Å². The summed E-state index contributed by atoms with van der Waals surface area (Å²) in [6.45, 7) is 9.39. The van der Waals surface area contributed by atoms with E-state index in [0.717, 1.165) is 31.3 Å². The average molecular weight is 414 g/mol. The third kappa shape index (κ3) is 7.44. The number of alkyl halides is 3. The van der Waals surface area contributed by atoms with Gasteiger partial charge < -0.3 is 8.92 Å². The van der Waals surface area contributed by atoms with Gasteiger partial charge in [-0.3, -0.25) is 4.79 Å². The number of carbonyl (C=O) groups is 1. The quantitative estimate of drug-likeness (QED) is 0.294. The third-order valence-electron chi connectivity index (χ3n) is 4.74. The van der Waals surface area contributed by atoms with E-state index in [0.29, 0.717) is 12.8 Å². The minimum Gasteiger partial charge on any atom is -0.370 e. The highest BCUT2D eigenvalue weighted by molar-refractivity contribution is 7.88. The predicted molar refractivity (Wildman–Crippen MR) is 95.2 cm³/mol. The lowest BCUT2D eigenvalue weighted by Gasteiger charge is -2.19. The number of unbranched alkanes of at least 4 members (excludes halogenated alkanes) is 1. The highest BCUT2D eigenvalue weighted by Crippen LogP contribution is 2.32. The first-order valence-corrected chi connectivity index (χ1v) is 10.7. The summed E-state index contributed by atoms with van der Waals surface area (Å²) in [5.74, 6) is -2.35. The molecule has 1 rings (SSSR count). The smallest absolute Gasteiger partial charge is 0.370 e. The molecule has 158 valence electrons. The molecule has 1 fully saturated rings. The van der Waals surface area contributed by atoms with Crippen molar-refractivity contribution >= 4 is 16.1 Å². The molecule has 0 radical (unpaired) electrons. The maximum absolute atomic E-state index is 12.3. The molecule has 0 aromatic carbocycles. The summed E-state index contributed by atoms with van der Waals surface area (Å²) in [4.78, 5) is 11.7. The molecule has 1 aliphatic rings. The van der Waals surface area contributed by atoms with Crippen LogP contribution in [0.3, 0.4) is 0 Å². The Hall–Kier alpha value is -1.09. The Morgan fingerprint density at radius 1 is 1.33 bits per heavy atom. The Labute approximate surface area is 159 Å². The number of hydrogen-bond acceptors (Lipinski definition) is 5. The molecule has 0 bridgehead atoms. The SMILES string of the molecule is C=C1C[C@H](CCCC)O[C@H]1CC[C@@H](C)C[C@@H](C)C(=O)OS(=O)(=O)C(F)(F)F. The molecule has 5 nitrogen and oxygen atoms in total. The second kappa shape index (κ2) is 9.91. The molecule has 0 aromatic rings. The maximum atomic E-state index is 12.3. The highest BCUT2D eigenvalue weighted by atomic mass is 32.2. The van der Waals surface area contributed by atoms with E-state index in [4.69, 9.17) is 4.74 Å². The van der Waals surface area contributed by atoms with Crippen LogP contribution in [-0.4, -0.2) is 32.1 Å². The number of ether oxygens (including phenoxy) is 1. The molecular weight excluding hydrogens is 385 g/mol. The first-order valence-electron chi connectivity index (χ1n) is 9.25. The van der Waals surface area contributed by atoms with Crippen molar-refractivity contribution in [2.45, 2.75) is 83.4 Å².